The molecule has 0 fully saturated rings. The van der Waals surface area contributed by atoms with Crippen LogP contribution in [0, 0.1) is 0 Å². The number of halogens is 1. The molecule has 0 saturated heterocycles. The Hall–Kier alpha value is -0.810. The lowest BCUT2D eigenvalue weighted by Crippen LogP contribution is -2.37. The van der Waals surface area contributed by atoms with Crippen molar-refractivity contribution in [2.45, 2.75) is 25.5 Å². The maximum absolute atomic E-state index is 9.71. The van der Waals surface area contributed by atoms with Gasteiger partial charge in [-0.2, -0.15) is 0 Å². The van der Waals surface area contributed by atoms with Gasteiger partial charge in [0.1, 0.15) is 18.5 Å². The van der Waals surface area contributed by atoms with Crippen molar-refractivity contribution >= 4 is 11.6 Å². The molecule has 0 aliphatic carbocycles. The molecule has 0 aromatic heterocycles. The first-order chi connectivity index (χ1) is 8.61. The topological polar surface area (TPSA) is 61.7 Å². The van der Waals surface area contributed by atoms with Gasteiger partial charge in [0.2, 0.25) is 0 Å². The molecule has 102 valence electrons. The summed E-state index contributed by atoms with van der Waals surface area (Å²) < 4.78 is 5.42. The molecule has 3 N–H and O–H groups in total. The van der Waals surface area contributed by atoms with Crippen LogP contribution in [0.4, 0.5) is 0 Å². The van der Waals surface area contributed by atoms with Gasteiger partial charge in [0.25, 0.3) is 0 Å². The minimum Gasteiger partial charge on any atom is -0.491 e. The zero-order chi connectivity index (χ0) is 13.4. The summed E-state index contributed by atoms with van der Waals surface area (Å²) in [5.41, 5.74) is 0. The number of hydrogen-bond donors (Lipinski definition) is 3. The van der Waals surface area contributed by atoms with Crippen molar-refractivity contribution in [2.24, 2.45) is 0 Å². The first-order valence-electron chi connectivity index (χ1n) is 6.02. The zero-order valence-electron chi connectivity index (χ0n) is 10.5. The molecule has 18 heavy (non-hydrogen) atoms. The maximum Gasteiger partial charge on any atom is 0.120 e. The van der Waals surface area contributed by atoms with Crippen molar-refractivity contribution < 1.29 is 14.9 Å². The summed E-state index contributed by atoms with van der Waals surface area (Å²) in [6.07, 6.45) is 0.0760. The lowest BCUT2D eigenvalue weighted by atomic mass is 10.2. The second kappa shape index (κ2) is 8.32. The fourth-order valence-electron chi connectivity index (χ4n) is 1.44. The highest BCUT2D eigenvalue weighted by molar-refractivity contribution is 6.30. The molecule has 0 radical (unpaired) electrons. The SMILES string of the molecule is CC(CCO)NCC(O)COc1cccc(Cl)c1. The Balaban J connectivity index is 2.22. The van der Waals surface area contributed by atoms with Crippen LogP contribution < -0.4 is 10.1 Å². The van der Waals surface area contributed by atoms with E-state index in [0.29, 0.717) is 23.7 Å². The van der Waals surface area contributed by atoms with Gasteiger partial charge in [-0.05, 0) is 31.5 Å². The minimum absolute atomic E-state index is 0.142. The van der Waals surface area contributed by atoms with E-state index in [9.17, 15) is 5.11 Å². The quantitative estimate of drug-likeness (QED) is 0.671. The Morgan fingerprint density at radius 3 is 2.89 bits per heavy atom. The highest BCUT2D eigenvalue weighted by atomic mass is 35.5. The van der Waals surface area contributed by atoms with Gasteiger partial charge in [0.05, 0.1) is 0 Å². The van der Waals surface area contributed by atoms with Crippen LogP contribution in [0.3, 0.4) is 0 Å². The van der Waals surface area contributed by atoms with Crippen molar-refractivity contribution in [1.82, 2.24) is 5.32 Å². The van der Waals surface area contributed by atoms with Crippen molar-refractivity contribution in [2.75, 3.05) is 19.8 Å². The van der Waals surface area contributed by atoms with Gasteiger partial charge < -0.3 is 20.3 Å². The van der Waals surface area contributed by atoms with Crippen LogP contribution in [-0.4, -0.2) is 42.1 Å². The van der Waals surface area contributed by atoms with E-state index >= 15 is 0 Å². The van der Waals surface area contributed by atoms with E-state index in [1.54, 1.807) is 24.3 Å². The van der Waals surface area contributed by atoms with Gasteiger partial charge in [-0.1, -0.05) is 17.7 Å². The molecular weight excluding hydrogens is 254 g/mol. The third kappa shape index (κ3) is 6.21. The Bertz CT molecular complexity index is 349. The fourth-order valence-corrected chi connectivity index (χ4v) is 1.62. The average Bonchev–Trinajstić information content (AvgIpc) is 2.34. The number of ether oxygens (including phenoxy) is 1. The fraction of sp³-hybridized carbons (Fsp3) is 0.538. The lowest BCUT2D eigenvalue weighted by Gasteiger charge is -2.17. The summed E-state index contributed by atoms with van der Waals surface area (Å²) in [6, 6.07) is 7.24. The molecule has 1 aromatic rings. The van der Waals surface area contributed by atoms with E-state index in [0.717, 1.165) is 0 Å². The molecule has 1 rings (SSSR count). The molecule has 4 nitrogen and oxygen atoms in total. The summed E-state index contributed by atoms with van der Waals surface area (Å²) in [7, 11) is 0. The molecule has 0 spiro atoms. The van der Waals surface area contributed by atoms with Crippen molar-refractivity contribution in [3.8, 4) is 5.75 Å². The molecular formula is C13H20ClNO3. The lowest BCUT2D eigenvalue weighted by molar-refractivity contribution is 0.103. The summed E-state index contributed by atoms with van der Waals surface area (Å²) >= 11 is 5.82. The Morgan fingerprint density at radius 2 is 2.22 bits per heavy atom. The normalized spacial score (nSPS) is 14.2. The summed E-state index contributed by atoms with van der Waals surface area (Å²) in [6.45, 7) is 2.74. The van der Waals surface area contributed by atoms with E-state index in [1.165, 1.54) is 0 Å². The van der Waals surface area contributed by atoms with E-state index in [1.807, 2.05) is 6.92 Å². The number of rotatable bonds is 8. The standard InChI is InChI=1S/C13H20ClNO3/c1-10(5-6-16)15-8-12(17)9-18-13-4-2-3-11(14)7-13/h2-4,7,10,12,15-17H,5-6,8-9H2,1H3. The Labute approximate surface area is 113 Å². The van der Waals surface area contributed by atoms with E-state index in [-0.39, 0.29) is 19.3 Å². The molecule has 0 saturated carbocycles. The third-order valence-corrected chi connectivity index (χ3v) is 2.74. The second-order valence-electron chi connectivity index (χ2n) is 4.24. The summed E-state index contributed by atoms with van der Waals surface area (Å²) in [5, 5.41) is 22.2. The van der Waals surface area contributed by atoms with Gasteiger partial charge in [-0.15, -0.1) is 0 Å². The van der Waals surface area contributed by atoms with Crippen LogP contribution in [0.15, 0.2) is 24.3 Å². The molecule has 2 atom stereocenters. The molecule has 0 bridgehead atoms. The molecule has 0 heterocycles. The molecule has 2 unspecified atom stereocenters. The molecule has 0 aliphatic rings. The number of benzene rings is 1. The largest absolute Gasteiger partial charge is 0.491 e. The van der Waals surface area contributed by atoms with Crippen LogP contribution in [0.5, 0.6) is 5.75 Å². The van der Waals surface area contributed by atoms with E-state index in [2.05, 4.69) is 5.32 Å². The third-order valence-electron chi connectivity index (χ3n) is 2.50. The average molecular weight is 274 g/mol. The molecule has 0 amide bonds. The van der Waals surface area contributed by atoms with Crippen LogP contribution in [0.2, 0.25) is 5.02 Å². The van der Waals surface area contributed by atoms with E-state index < -0.39 is 6.10 Å². The second-order valence-corrected chi connectivity index (χ2v) is 4.68. The highest BCUT2D eigenvalue weighted by Gasteiger charge is 2.07. The zero-order valence-corrected chi connectivity index (χ0v) is 11.2. The molecule has 1 aromatic carbocycles. The number of nitrogens with one attached hydrogen (secondary N) is 1. The first-order valence-corrected chi connectivity index (χ1v) is 6.40. The van der Waals surface area contributed by atoms with Gasteiger partial charge in [-0.25, -0.2) is 0 Å². The number of aliphatic hydroxyl groups excluding tert-OH is 2. The predicted molar refractivity (Wildman–Crippen MR) is 72.1 cm³/mol. The smallest absolute Gasteiger partial charge is 0.120 e. The Kier molecular flexibility index (Phi) is 7.05. The maximum atomic E-state index is 9.71. The molecule has 0 aliphatic heterocycles. The molecule has 5 heteroatoms. The number of hydrogen-bond acceptors (Lipinski definition) is 4. The summed E-state index contributed by atoms with van der Waals surface area (Å²) in [5.74, 6) is 0.643. The van der Waals surface area contributed by atoms with Crippen molar-refractivity contribution in [3.63, 3.8) is 0 Å². The van der Waals surface area contributed by atoms with Crippen LogP contribution in [0.25, 0.3) is 0 Å². The van der Waals surface area contributed by atoms with Gasteiger partial charge >= 0.3 is 0 Å². The first kappa shape index (κ1) is 15.2. The van der Waals surface area contributed by atoms with Crippen molar-refractivity contribution in [3.05, 3.63) is 29.3 Å². The monoisotopic (exact) mass is 273 g/mol. The highest BCUT2D eigenvalue weighted by Crippen LogP contribution is 2.17. The van der Waals surface area contributed by atoms with Gasteiger partial charge in [0, 0.05) is 24.2 Å². The minimum atomic E-state index is -0.592. The Morgan fingerprint density at radius 1 is 1.44 bits per heavy atom. The van der Waals surface area contributed by atoms with Crippen LogP contribution >= 0.6 is 11.6 Å². The van der Waals surface area contributed by atoms with Crippen LogP contribution in [-0.2, 0) is 0 Å². The van der Waals surface area contributed by atoms with E-state index in [4.69, 9.17) is 21.4 Å². The van der Waals surface area contributed by atoms with Gasteiger partial charge in [0.15, 0.2) is 0 Å². The van der Waals surface area contributed by atoms with Crippen LogP contribution in [0.1, 0.15) is 13.3 Å². The predicted octanol–water partition coefficient (Wildman–Crippen LogP) is 1.44. The van der Waals surface area contributed by atoms with Gasteiger partial charge in [-0.3, -0.25) is 0 Å². The summed E-state index contributed by atoms with van der Waals surface area (Å²) in [4.78, 5) is 0. The van der Waals surface area contributed by atoms with Crippen molar-refractivity contribution in [1.29, 1.82) is 0 Å². The number of aliphatic hydroxyl groups is 2.